The lowest BCUT2D eigenvalue weighted by molar-refractivity contribution is 0.112. The molecule has 3 nitrogen and oxygen atoms in total. The molecular formula is C15H10O3. The van der Waals surface area contributed by atoms with E-state index in [2.05, 4.69) is 0 Å². The van der Waals surface area contributed by atoms with Gasteiger partial charge in [0.15, 0.2) is 0 Å². The molecule has 18 heavy (non-hydrogen) atoms. The van der Waals surface area contributed by atoms with E-state index in [-0.39, 0.29) is 0 Å². The number of carbonyl (C=O) groups excluding carboxylic acids is 1. The maximum absolute atomic E-state index is 10.7. The summed E-state index contributed by atoms with van der Waals surface area (Å²) in [6, 6.07) is 14.5. The van der Waals surface area contributed by atoms with Crippen LogP contribution in [0.1, 0.15) is 10.4 Å². The fourth-order valence-electron chi connectivity index (χ4n) is 1.80. The standard InChI is InChI=1S/C15H10O3/c16-10-11-2-1-3-13(8-11)18-14-4-5-15-12(9-14)6-7-17-15/h1-10H. The molecule has 0 unspecified atom stereocenters. The molecular weight excluding hydrogens is 228 g/mol. The molecule has 0 atom stereocenters. The first-order valence-electron chi connectivity index (χ1n) is 5.55. The van der Waals surface area contributed by atoms with Gasteiger partial charge >= 0.3 is 0 Å². The van der Waals surface area contributed by atoms with Crippen molar-refractivity contribution in [1.29, 1.82) is 0 Å². The van der Waals surface area contributed by atoms with Crippen LogP contribution in [0.25, 0.3) is 11.0 Å². The molecule has 0 radical (unpaired) electrons. The average Bonchev–Trinajstić information content (AvgIpc) is 2.86. The lowest BCUT2D eigenvalue weighted by Crippen LogP contribution is -1.86. The van der Waals surface area contributed by atoms with E-state index in [9.17, 15) is 4.79 Å². The summed E-state index contributed by atoms with van der Waals surface area (Å²) in [5, 5.41) is 0.985. The van der Waals surface area contributed by atoms with Gasteiger partial charge in [-0.05, 0) is 36.4 Å². The van der Waals surface area contributed by atoms with E-state index >= 15 is 0 Å². The van der Waals surface area contributed by atoms with Crippen LogP contribution in [-0.4, -0.2) is 6.29 Å². The average molecular weight is 238 g/mol. The fourth-order valence-corrected chi connectivity index (χ4v) is 1.80. The number of hydrogen-bond acceptors (Lipinski definition) is 3. The van der Waals surface area contributed by atoms with Gasteiger partial charge in [-0.3, -0.25) is 4.79 Å². The molecule has 0 fully saturated rings. The van der Waals surface area contributed by atoms with Crippen LogP contribution in [0.15, 0.2) is 59.2 Å². The van der Waals surface area contributed by atoms with E-state index < -0.39 is 0 Å². The normalized spacial score (nSPS) is 10.4. The number of hydrogen-bond donors (Lipinski definition) is 0. The minimum atomic E-state index is 0.594. The van der Waals surface area contributed by atoms with Crippen molar-refractivity contribution >= 4 is 17.3 Å². The topological polar surface area (TPSA) is 39.4 Å². The Kier molecular flexibility index (Phi) is 2.57. The van der Waals surface area contributed by atoms with Crippen LogP contribution < -0.4 is 4.74 Å². The van der Waals surface area contributed by atoms with E-state index in [0.717, 1.165) is 17.3 Å². The van der Waals surface area contributed by atoms with Crippen LogP contribution in [0.2, 0.25) is 0 Å². The van der Waals surface area contributed by atoms with E-state index in [4.69, 9.17) is 9.15 Å². The summed E-state index contributed by atoms with van der Waals surface area (Å²) in [5.74, 6) is 1.36. The van der Waals surface area contributed by atoms with Gasteiger partial charge in [0.05, 0.1) is 6.26 Å². The first kappa shape index (κ1) is 10.6. The molecule has 0 spiro atoms. The van der Waals surface area contributed by atoms with Crippen molar-refractivity contribution in [3.8, 4) is 11.5 Å². The Balaban J connectivity index is 1.92. The smallest absolute Gasteiger partial charge is 0.150 e. The number of benzene rings is 2. The molecule has 0 aliphatic heterocycles. The number of fused-ring (bicyclic) bond motifs is 1. The molecule has 0 bridgehead atoms. The summed E-state index contributed by atoms with van der Waals surface area (Å²) in [4.78, 5) is 10.7. The Morgan fingerprint density at radius 1 is 1.00 bits per heavy atom. The lowest BCUT2D eigenvalue weighted by Gasteiger charge is -2.05. The highest BCUT2D eigenvalue weighted by Gasteiger charge is 2.02. The summed E-state index contributed by atoms with van der Waals surface area (Å²) in [7, 11) is 0. The predicted octanol–water partition coefficient (Wildman–Crippen LogP) is 4.04. The number of furan rings is 1. The Morgan fingerprint density at radius 2 is 1.89 bits per heavy atom. The molecule has 0 amide bonds. The second-order valence-corrected chi connectivity index (χ2v) is 3.91. The van der Waals surface area contributed by atoms with Crippen molar-refractivity contribution in [2.24, 2.45) is 0 Å². The third kappa shape index (κ3) is 1.98. The predicted molar refractivity (Wildman–Crippen MR) is 68.1 cm³/mol. The zero-order chi connectivity index (χ0) is 12.4. The van der Waals surface area contributed by atoms with Crippen LogP contribution in [0.5, 0.6) is 11.5 Å². The number of carbonyl (C=O) groups is 1. The number of aldehydes is 1. The molecule has 3 aromatic rings. The second kappa shape index (κ2) is 4.37. The SMILES string of the molecule is O=Cc1cccc(Oc2ccc3occc3c2)c1. The maximum atomic E-state index is 10.7. The summed E-state index contributed by atoms with van der Waals surface area (Å²) < 4.78 is 11.0. The van der Waals surface area contributed by atoms with Crippen LogP contribution in [0, 0.1) is 0 Å². The molecule has 0 aliphatic rings. The van der Waals surface area contributed by atoms with Gasteiger partial charge in [0.25, 0.3) is 0 Å². The molecule has 1 heterocycles. The molecule has 0 aliphatic carbocycles. The van der Waals surface area contributed by atoms with Gasteiger partial charge in [0.2, 0.25) is 0 Å². The summed E-state index contributed by atoms with van der Waals surface area (Å²) in [6.45, 7) is 0. The van der Waals surface area contributed by atoms with Gasteiger partial charge in [0.1, 0.15) is 23.4 Å². The Bertz CT molecular complexity index is 698. The second-order valence-electron chi connectivity index (χ2n) is 3.91. The molecule has 0 saturated carbocycles. The highest BCUT2D eigenvalue weighted by atomic mass is 16.5. The van der Waals surface area contributed by atoms with E-state index in [1.807, 2.05) is 30.3 Å². The third-order valence-corrected chi connectivity index (χ3v) is 2.65. The van der Waals surface area contributed by atoms with E-state index in [1.165, 1.54) is 0 Å². The lowest BCUT2D eigenvalue weighted by atomic mass is 10.2. The van der Waals surface area contributed by atoms with Crippen molar-refractivity contribution < 1.29 is 13.9 Å². The maximum Gasteiger partial charge on any atom is 0.150 e. The highest BCUT2D eigenvalue weighted by molar-refractivity contribution is 5.79. The van der Waals surface area contributed by atoms with Gasteiger partial charge < -0.3 is 9.15 Å². The van der Waals surface area contributed by atoms with Crippen molar-refractivity contribution in [3.05, 3.63) is 60.4 Å². The van der Waals surface area contributed by atoms with Crippen molar-refractivity contribution in [2.75, 3.05) is 0 Å². The molecule has 3 rings (SSSR count). The highest BCUT2D eigenvalue weighted by Crippen LogP contribution is 2.26. The quantitative estimate of drug-likeness (QED) is 0.646. The van der Waals surface area contributed by atoms with Crippen LogP contribution in [0.4, 0.5) is 0 Å². The van der Waals surface area contributed by atoms with Gasteiger partial charge in [-0.2, -0.15) is 0 Å². The zero-order valence-corrected chi connectivity index (χ0v) is 9.50. The minimum Gasteiger partial charge on any atom is -0.464 e. The molecule has 88 valence electrons. The van der Waals surface area contributed by atoms with Gasteiger partial charge in [0, 0.05) is 10.9 Å². The molecule has 3 heteroatoms. The van der Waals surface area contributed by atoms with Gasteiger partial charge in [-0.1, -0.05) is 12.1 Å². The Hall–Kier alpha value is -2.55. The number of rotatable bonds is 3. The molecule has 0 N–H and O–H groups in total. The summed E-state index contributed by atoms with van der Waals surface area (Å²) in [6.07, 6.45) is 2.44. The number of ether oxygens (including phenoxy) is 1. The minimum absolute atomic E-state index is 0.594. The van der Waals surface area contributed by atoms with Crippen LogP contribution in [-0.2, 0) is 0 Å². The van der Waals surface area contributed by atoms with Crippen molar-refractivity contribution in [1.82, 2.24) is 0 Å². The molecule has 0 saturated heterocycles. The Morgan fingerprint density at radius 3 is 2.78 bits per heavy atom. The van der Waals surface area contributed by atoms with E-state index in [0.29, 0.717) is 17.1 Å². The van der Waals surface area contributed by atoms with E-state index in [1.54, 1.807) is 24.5 Å². The summed E-state index contributed by atoms with van der Waals surface area (Å²) >= 11 is 0. The zero-order valence-electron chi connectivity index (χ0n) is 9.50. The fraction of sp³-hybridized carbons (Fsp3) is 0. The van der Waals surface area contributed by atoms with Gasteiger partial charge in [-0.25, -0.2) is 0 Å². The molecule has 1 aromatic heterocycles. The van der Waals surface area contributed by atoms with Crippen LogP contribution in [0.3, 0.4) is 0 Å². The third-order valence-electron chi connectivity index (χ3n) is 2.65. The first-order chi connectivity index (χ1) is 8.85. The molecule has 2 aromatic carbocycles. The van der Waals surface area contributed by atoms with Crippen molar-refractivity contribution in [3.63, 3.8) is 0 Å². The first-order valence-corrected chi connectivity index (χ1v) is 5.55. The Labute approximate surface area is 104 Å². The monoisotopic (exact) mass is 238 g/mol. The largest absolute Gasteiger partial charge is 0.464 e. The van der Waals surface area contributed by atoms with Crippen molar-refractivity contribution in [2.45, 2.75) is 0 Å². The summed E-state index contributed by atoms with van der Waals surface area (Å²) in [5.41, 5.74) is 1.42. The van der Waals surface area contributed by atoms with Crippen LogP contribution >= 0.6 is 0 Å². The van der Waals surface area contributed by atoms with Gasteiger partial charge in [-0.15, -0.1) is 0 Å².